The first kappa shape index (κ1) is 17.2. The monoisotopic (exact) mass is 291 g/mol. The third-order valence-corrected chi connectivity index (χ3v) is 3.43. The predicted molar refractivity (Wildman–Crippen MR) is 83.5 cm³/mol. The molecule has 2 N–H and O–H groups in total. The summed E-state index contributed by atoms with van der Waals surface area (Å²) in [6, 6.07) is 7.25. The zero-order valence-electron chi connectivity index (χ0n) is 12.9. The Kier molecular flexibility index (Phi) is 7.51. The Morgan fingerprint density at radius 1 is 1.14 bits per heavy atom. The molecule has 4 heteroatoms. The Bertz CT molecular complexity index is 454. The molecule has 0 aliphatic rings. The number of carboxylic acids is 1. The lowest BCUT2D eigenvalue weighted by atomic mass is 10.0. The highest BCUT2D eigenvalue weighted by atomic mass is 16.4. The molecule has 4 nitrogen and oxygen atoms in total. The fourth-order valence-corrected chi connectivity index (χ4v) is 2.26. The van der Waals surface area contributed by atoms with E-state index in [1.165, 1.54) is 5.56 Å². The minimum absolute atomic E-state index is 0.0336. The molecule has 0 bridgehead atoms. The van der Waals surface area contributed by atoms with E-state index in [0.29, 0.717) is 12.0 Å². The van der Waals surface area contributed by atoms with Crippen LogP contribution in [0.2, 0.25) is 0 Å². The Morgan fingerprint density at radius 3 is 2.33 bits per heavy atom. The van der Waals surface area contributed by atoms with Crippen molar-refractivity contribution in [2.24, 2.45) is 0 Å². The topological polar surface area (TPSA) is 66.4 Å². The highest BCUT2D eigenvalue weighted by Crippen LogP contribution is 2.09. The quantitative estimate of drug-likeness (QED) is 0.732. The van der Waals surface area contributed by atoms with E-state index in [4.69, 9.17) is 5.11 Å². The summed E-state index contributed by atoms with van der Waals surface area (Å²) >= 11 is 0. The molecule has 116 valence electrons. The van der Waals surface area contributed by atoms with Gasteiger partial charge in [0, 0.05) is 11.6 Å². The summed E-state index contributed by atoms with van der Waals surface area (Å²) in [4.78, 5) is 22.9. The molecule has 1 rings (SSSR count). The van der Waals surface area contributed by atoms with Crippen LogP contribution in [-0.4, -0.2) is 23.0 Å². The number of carbonyl (C=O) groups excluding carboxylic acids is 1. The second-order valence-corrected chi connectivity index (χ2v) is 5.36. The highest BCUT2D eigenvalue weighted by Gasteiger charge is 2.16. The lowest BCUT2D eigenvalue weighted by Gasteiger charge is -2.16. The molecule has 1 unspecified atom stereocenters. The molecule has 0 aliphatic carbocycles. The summed E-state index contributed by atoms with van der Waals surface area (Å²) in [5, 5.41) is 11.7. The van der Waals surface area contributed by atoms with Gasteiger partial charge in [0.2, 0.25) is 0 Å². The molecular weight excluding hydrogens is 266 g/mol. The fourth-order valence-electron chi connectivity index (χ4n) is 2.26. The number of carboxylic acid groups (broad SMARTS) is 1. The molecule has 1 atom stereocenters. The summed E-state index contributed by atoms with van der Waals surface area (Å²) in [5.41, 5.74) is 1.81. The van der Waals surface area contributed by atoms with E-state index in [-0.39, 0.29) is 18.4 Å². The number of rotatable bonds is 9. The van der Waals surface area contributed by atoms with Gasteiger partial charge in [-0.1, -0.05) is 38.8 Å². The van der Waals surface area contributed by atoms with Crippen LogP contribution in [0.1, 0.15) is 61.9 Å². The van der Waals surface area contributed by atoms with E-state index in [0.717, 1.165) is 25.7 Å². The van der Waals surface area contributed by atoms with Crippen molar-refractivity contribution < 1.29 is 14.7 Å². The van der Waals surface area contributed by atoms with Crippen molar-refractivity contribution in [3.05, 3.63) is 35.4 Å². The molecule has 0 spiro atoms. The molecule has 1 aromatic carbocycles. The average molecular weight is 291 g/mol. The molecule has 1 aromatic rings. The van der Waals surface area contributed by atoms with Gasteiger partial charge in [-0.05, 0) is 37.0 Å². The summed E-state index contributed by atoms with van der Waals surface area (Å²) in [7, 11) is 0. The number of aryl methyl sites for hydroxylation is 1. The largest absolute Gasteiger partial charge is 0.481 e. The second kappa shape index (κ2) is 9.16. The number of amides is 1. The minimum atomic E-state index is -0.885. The summed E-state index contributed by atoms with van der Waals surface area (Å²) in [5.74, 6) is -1.08. The van der Waals surface area contributed by atoms with E-state index in [9.17, 15) is 9.59 Å². The van der Waals surface area contributed by atoms with E-state index in [2.05, 4.69) is 12.2 Å². The Morgan fingerprint density at radius 2 is 1.81 bits per heavy atom. The van der Waals surface area contributed by atoms with Gasteiger partial charge < -0.3 is 10.4 Å². The van der Waals surface area contributed by atoms with Crippen molar-refractivity contribution in [1.82, 2.24) is 5.32 Å². The standard InChI is InChI=1S/C17H25NO3/c1-3-5-7-13-8-10-14(11-9-13)17(21)18-15(6-4-2)12-16(19)20/h8-11,15H,3-7,12H2,1-2H3,(H,18,21)(H,19,20). The van der Waals surface area contributed by atoms with E-state index < -0.39 is 5.97 Å². The van der Waals surface area contributed by atoms with Crippen LogP contribution in [0.15, 0.2) is 24.3 Å². The summed E-state index contributed by atoms with van der Waals surface area (Å²) < 4.78 is 0. The van der Waals surface area contributed by atoms with Gasteiger partial charge in [0.1, 0.15) is 0 Å². The molecule has 0 heterocycles. The van der Waals surface area contributed by atoms with Gasteiger partial charge in [-0.15, -0.1) is 0 Å². The first-order valence-corrected chi connectivity index (χ1v) is 7.68. The molecule has 0 radical (unpaired) electrons. The van der Waals surface area contributed by atoms with Gasteiger partial charge in [-0.25, -0.2) is 0 Å². The van der Waals surface area contributed by atoms with Crippen molar-refractivity contribution in [1.29, 1.82) is 0 Å². The molecule has 0 aromatic heterocycles. The lowest BCUT2D eigenvalue weighted by Crippen LogP contribution is -2.36. The smallest absolute Gasteiger partial charge is 0.305 e. The molecule has 0 aliphatic heterocycles. The number of hydrogen-bond donors (Lipinski definition) is 2. The predicted octanol–water partition coefficient (Wildman–Crippen LogP) is 3.40. The van der Waals surface area contributed by atoms with E-state index in [1.807, 2.05) is 31.2 Å². The summed E-state index contributed by atoms with van der Waals surface area (Å²) in [6.45, 7) is 4.13. The van der Waals surface area contributed by atoms with E-state index in [1.54, 1.807) is 0 Å². The number of unbranched alkanes of at least 4 members (excludes halogenated alkanes) is 1. The fraction of sp³-hybridized carbons (Fsp3) is 0.529. The Hall–Kier alpha value is -1.84. The minimum Gasteiger partial charge on any atom is -0.481 e. The van der Waals surface area contributed by atoms with Crippen LogP contribution in [0.3, 0.4) is 0 Å². The molecule has 21 heavy (non-hydrogen) atoms. The lowest BCUT2D eigenvalue weighted by molar-refractivity contribution is -0.137. The zero-order chi connectivity index (χ0) is 15.7. The van der Waals surface area contributed by atoms with Crippen molar-refractivity contribution in [3.8, 4) is 0 Å². The van der Waals surface area contributed by atoms with Crippen LogP contribution in [0.25, 0.3) is 0 Å². The molecule has 1 amide bonds. The third-order valence-electron chi connectivity index (χ3n) is 3.43. The zero-order valence-corrected chi connectivity index (χ0v) is 12.9. The third kappa shape index (κ3) is 6.43. The van der Waals surface area contributed by atoms with Crippen molar-refractivity contribution in [3.63, 3.8) is 0 Å². The number of benzene rings is 1. The van der Waals surface area contributed by atoms with Gasteiger partial charge in [-0.3, -0.25) is 9.59 Å². The average Bonchev–Trinajstić information content (AvgIpc) is 2.45. The van der Waals surface area contributed by atoms with Gasteiger partial charge in [-0.2, -0.15) is 0 Å². The van der Waals surface area contributed by atoms with Crippen molar-refractivity contribution in [2.45, 2.75) is 58.4 Å². The number of nitrogens with one attached hydrogen (secondary N) is 1. The normalized spacial score (nSPS) is 11.9. The van der Waals surface area contributed by atoms with Crippen LogP contribution in [-0.2, 0) is 11.2 Å². The first-order valence-electron chi connectivity index (χ1n) is 7.68. The van der Waals surface area contributed by atoms with Crippen LogP contribution < -0.4 is 5.32 Å². The van der Waals surface area contributed by atoms with Crippen molar-refractivity contribution in [2.75, 3.05) is 0 Å². The van der Waals surface area contributed by atoms with E-state index >= 15 is 0 Å². The van der Waals surface area contributed by atoms with Crippen LogP contribution >= 0.6 is 0 Å². The molecule has 0 saturated heterocycles. The van der Waals surface area contributed by atoms with Gasteiger partial charge in [0.05, 0.1) is 6.42 Å². The maximum absolute atomic E-state index is 12.1. The Labute approximate surface area is 126 Å². The van der Waals surface area contributed by atoms with Gasteiger partial charge >= 0.3 is 5.97 Å². The molecule has 0 saturated carbocycles. The number of aliphatic carboxylic acids is 1. The number of carbonyl (C=O) groups is 2. The number of hydrogen-bond acceptors (Lipinski definition) is 2. The Balaban J connectivity index is 2.62. The maximum atomic E-state index is 12.1. The highest BCUT2D eigenvalue weighted by molar-refractivity contribution is 5.94. The second-order valence-electron chi connectivity index (χ2n) is 5.36. The van der Waals surface area contributed by atoms with Crippen LogP contribution in [0.4, 0.5) is 0 Å². The van der Waals surface area contributed by atoms with Crippen LogP contribution in [0.5, 0.6) is 0 Å². The van der Waals surface area contributed by atoms with Crippen molar-refractivity contribution >= 4 is 11.9 Å². The van der Waals surface area contributed by atoms with Crippen LogP contribution in [0, 0.1) is 0 Å². The molecular formula is C17H25NO3. The van der Waals surface area contributed by atoms with Gasteiger partial charge in [0.15, 0.2) is 0 Å². The maximum Gasteiger partial charge on any atom is 0.305 e. The summed E-state index contributed by atoms with van der Waals surface area (Å²) in [6.07, 6.45) is 4.80. The molecule has 0 fully saturated rings. The first-order chi connectivity index (χ1) is 10.1. The SMILES string of the molecule is CCCCc1ccc(C(=O)NC(CCC)CC(=O)O)cc1. The van der Waals surface area contributed by atoms with Gasteiger partial charge in [0.25, 0.3) is 5.91 Å².